The number of rotatable bonds is 4. The minimum Gasteiger partial charge on any atom is -0.457 e. The van der Waals surface area contributed by atoms with Crippen LogP contribution in [-0.2, 0) is 18.0 Å². The van der Waals surface area contributed by atoms with E-state index in [9.17, 15) is 4.79 Å². The van der Waals surface area contributed by atoms with Crippen molar-refractivity contribution in [3.8, 4) is 0 Å². The molecule has 0 unspecified atom stereocenters. The Bertz CT molecular complexity index is 552. The van der Waals surface area contributed by atoms with Gasteiger partial charge in [-0.15, -0.1) is 0 Å². The van der Waals surface area contributed by atoms with Crippen molar-refractivity contribution in [2.75, 3.05) is 0 Å². The lowest BCUT2D eigenvalue weighted by Crippen LogP contribution is -2.06. The first-order valence-corrected chi connectivity index (χ1v) is 5.90. The SMILES string of the molecule is Cc1noc(C)c1COC(=O)c1ccc(CO)cc1. The minimum absolute atomic E-state index is 0.0472. The Morgan fingerprint density at radius 2 is 2.00 bits per heavy atom. The average molecular weight is 261 g/mol. The van der Waals surface area contributed by atoms with E-state index in [1.54, 1.807) is 38.1 Å². The summed E-state index contributed by atoms with van der Waals surface area (Å²) in [5.41, 5.74) is 2.72. The quantitative estimate of drug-likeness (QED) is 0.854. The van der Waals surface area contributed by atoms with Crippen LogP contribution in [0.15, 0.2) is 28.8 Å². The smallest absolute Gasteiger partial charge is 0.338 e. The van der Waals surface area contributed by atoms with E-state index in [0.29, 0.717) is 11.3 Å². The van der Waals surface area contributed by atoms with E-state index in [4.69, 9.17) is 14.4 Å². The summed E-state index contributed by atoms with van der Waals surface area (Å²) < 4.78 is 10.2. The fourth-order valence-corrected chi connectivity index (χ4v) is 1.68. The second-order valence-electron chi connectivity index (χ2n) is 4.23. The normalized spacial score (nSPS) is 10.5. The third-order valence-corrected chi connectivity index (χ3v) is 2.90. The van der Waals surface area contributed by atoms with Gasteiger partial charge in [0.1, 0.15) is 12.4 Å². The van der Waals surface area contributed by atoms with Crippen molar-refractivity contribution in [2.45, 2.75) is 27.1 Å². The van der Waals surface area contributed by atoms with E-state index >= 15 is 0 Å². The van der Waals surface area contributed by atoms with Crippen molar-refractivity contribution in [3.63, 3.8) is 0 Å². The van der Waals surface area contributed by atoms with Crippen molar-refractivity contribution in [3.05, 3.63) is 52.4 Å². The summed E-state index contributed by atoms with van der Waals surface area (Å²) in [6.07, 6.45) is 0. The lowest BCUT2D eigenvalue weighted by molar-refractivity contribution is 0.0471. The maximum absolute atomic E-state index is 11.8. The molecule has 1 heterocycles. The summed E-state index contributed by atoms with van der Waals surface area (Å²) in [4.78, 5) is 11.8. The Labute approximate surface area is 110 Å². The molecular formula is C14H15NO4. The molecule has 0 aliphatic heterocycles. The Morgan fingerprint density at radius 1 is 1.32 bits per heavy atom. The molecule has 0 atom stereocenters. The topological polar surface area (TPSA) is 72.6 Å². The van der Waals surface area contributed by atoms with Gasteiger partial charge in [0.15, 0.2) is 0 Å². The summed E-state index contributed by atoms with van der Waals surface area (Å²) in [5.74, 6) is 0.241. The molecule has 19 heavy (non-hydrogen) atoms. The maximum atomic E-state index is 11.8. The fourth-order valence-electron chi connectivity index (χ4n) is 1.68. The Hall–Kier alpha value is -2.14. The molecule has 0 saturated heterocycles. The third kappa shape index (κ3) is 3.00. The molecular weight excluding hydrogens is 246 g/mol. The molecule has 0 fully saturated rings. The van der Waals surface area contributed by atoms with Crippen molar-refractivity contribution >= 4 is 5.97 Å². The molecule has 1 aromatic heterocycles. The number of hydrogen-bond acceptors (Lipinski definition) is 5. The highest BCUT2D eigenvalue weighted by molar-refractivity contribution is 5.89. The van der Waals surface area contributed by atoms with Gasteiger partial charge < -0.3 is 14.4 Å². The number of aromatic nitrogens is 1. The Morgan fingerprint density at radius 3 is 2.53 bits per heavy atom. The molecule has 0 aliphatic rings. The van der Waals surface area contributed by atoms with E-state index < -0.39 is 5.97 Å². The largest absolute Gasteiger partial charge is 0.457 e. The van der Waals surface area contributed by atoms with E-state index in [2.05, 4.69) is 5.16 Å². The van der Waals surface area contributed by atoms with Gasteiger partial charge in [-0.1, -0.05) is 17.3 Å². The molecule has 0 spiro atoms. The maximum Gasteiger partial charge on any atom is 0.338 e. The van der Waals surface area contributed by atoms with Gasteiger partial charge in [-0.3, -0.25) is 0 Å². The van der Waals surface area contributed by atoms with Gasteiger partial charge in [0.05, 0.1) is 23.4 Å². The number of hydrogen-bond donors (Lipinski definition) is 1. The lowest BCUT2D eigenvalue weighted by atomic mass is 10.1. The van der Waals surface area contributed by atoms with Crippen molar-refractivity contribution in [1.29, 1.82) is 0 Å². The van der Waals surface area contributed by atoms with Crippen molar-refractivity contribution < 1.29 is 19.2 Å². The first-order chi connectivity index (χ1) is 9.11. The molecule has 0 aliphatic carbocycles. The highest BCUT2D eigenvalue weighted by Crippen LogP contribution is 2.14. The standard InChI is InChI=1S/C14H15NO4/c1-9-13(10(2)19-15-9)8-18-14(17)12-5-3-11(7-16)4-6-12/h3-6,16H,7-8H2,1-2H3. The number of benzene rings is 1. The monoisotopic (exact) mass is 261 g/mol. The zero-order chi connectivity index (χ0) is 13.8. The molecule has 2 rings (SSSR count). The van der Waals surface area contributed by atoms with Gasteiger partial charge in [-0.2, -0.15) is 0 Å². The lowest BCUT2D eigenvalue weighted by Gasteiger charge is -2.05. The van der Waals surface area contributed by atoms with Crippen LogP contribution >= 0.6 is 0 Å². The molecule has 0 saturated carbocycles. The number of ether oxygens (including phenoxy) is 1. The van der Waals surface area contributed by atoms with Crippen LogP contribution in [0.1, 0.15) is 32.9 Å². The van der Waals surface area contributed by atoms with Crippen LogP contribution in [0, 0.1) is 13.8 Å². The average Bonchev–Trinajstić information content (AvgIpc) is 2.75. The van der Waals surface area contributed by atoms with Crippen LogP contribution in [0.4, 0.5) is 0 Å². The number of aliphatic hydroxyl groups is 1. The molecule has 0 bridgehead atoms. The van der Waals surface area contributed by atoms with E-state index in [1.165, 1.54) is 0 Å². The summed E-state index contributed by atoms with van der Waals surface area (Å²) in [6, 6.07) is 6.63. The van der Waals surface area contributed by atoms with Gasteiger partial charge in [-0.05, 0) is 31.5 Å². The molecule has 0 amide bonds. The zero-order valence-electron chi connectivity index (χ0n) is 10.8. The molecule has 1 aromatic carbocycles. The van der Waals surface area contributed by atoms with Crippen LogP contribution in [0.5, 0.6) is 0 Å². The summed E-state index contributed by atoms with van der Waals surface area (Å²) in [7, 11) is 0. The summed E-state index contributed by atoms with van der Waals surface area (Å²) in [5, 5.41) is 12.7. The number of esters is 1. The third-order valence-electron chi connectivity index (χ3n) is 2.90. The van der Waals surface area contributed by atoms with Crippen LogP contribution in [0.3, 0.4) is 0 Å². The highest BCUT2D eigenvalue weighted by Gasteiger charge is 2.13. The van der Waals surface area contributed by atoms with Crippen LogP contribution in [0.25, 0.3) is 0 Å². The molecule has 5 nitrogen and oxygen atoms in total. The first-order valence-electron chi connectivity index (χ1n) is 5.90. The minimum atomic E-state index is -0.413. The van der Waals surface area contributed by atoms with E-state index in [-0.39, 0.29) is 13.2 Å². The number of nitrogens with zero attached hydrogens (tertiary/aromatic N) is 1. The van der Waals surface area contributed by atoms with Gasteiger partial charge in [0, 0.05) is 0 Å². The second kappa shape index (κ2) is 5.67. The Balaban J connectivity index is 2.01. The highest BCUT2D eigenvalue weighted by atomic mass is 16.5. The number of carbonyl (C=O) groups excluding carboxylic acids is 1. The van der Waals surface area contributed by atoms with E-state index in [1.807, 2.05) is 0 Å². The molecule has 5 heteroatoms. The van der Waals surface area contributed by atoms with E-state index in [0.717, 1.165) is 16.8 Å². The van der Waals surface area contributed by atoms with Crippen LogP contribution in [-0.4, -0.2) is 16.2 Å². The van der Waals surface area contributed by atoms with Gasteiger partial charge in [0.2, 0.25) is 0 Å². The summed E-state index contributed by atoms with van der Waals surface area (Å²) in [6.45, 7) is 3.67. The first kappa shape index (κ1) is 13.3. The van der Waals surface area contributed by atoms with Crippen molar-refractivity contribution in [1.82, 2.24) is 5.16 Å². The Kier molecular flexibility index (Phi) is 3.97. The predicted molar refractivity (Wildman–Crippen MR) is 67.5 cm³/mol. The van der Waals surface area contributed by atoms with Crippen LogP contribution in [0.2, 0.25) is 0 Å². The molecule has 0 radical (unpaired) electrons. The van der Waals surface area contributed by atoms with Gasteiger partial charge >= 0.3 is 5.97 Å². The fraction of sp³-hybridized carbons (Fsp3) is 0.286. The van der Waals surface area contributed by atoms with Gasteiger partial charge in [0.25, 0.3) is 0 Å². The number of aliphatic hydroxyl groups excluding tert-OH is 1. The zero-order valence-corrected chi connectivity index (χ0v) is 10.8. The molecule has 1 N–H and O–H groups in total. The second-order valence-corrected chi connectivity index (χ2v) is 4.23. The van der Waals surface area contributed by atoms with Gasteiger partial charge in [-0.25, -0.2) is 4.79 Å². The number of carbonyl (C=O) groups is 1. The number of aryl methyl sites for hydroxylation is 2. The van der Waals surface area contributed by atoms with Crippen molar-refractivity contribution in [2.24, 2.45) is 0 Å². The van der Waals surface area contributed by atoms with Crippen LogP contribution < -0.4 is 0 Å². The predicted octanol–water partition coefficient (Wildman–Crippen LogP) is 2.14. The summed E-state index contributed by atoms with van der Waals surface area (Å²) >= 11 is 0. The molecule has 100 valence electrons. The molecule has 2 aromatic rings.